The Balaban J connectivity index is 1.44. The van der Waals surface area contributed by atoms with E-state index in [9.17, 15) is 4.79 Å². The number of thioether (sulfide) groups is 2. The fourth-order valence-electron chi connectivity index (χ4n) is 1.98. The average molecular weight is 464 g/mol. The maximum atomic E-state index is 12.1. The summed E-state index contributed by atoms with van der Waals surface area (Å²) in [6.45, 7) is 6.15. The molecule has 0 unspecified atom stereocenters. The molecular weight excluding hydrogens is 442 g/mol. The second-order valence-corrected chi connectivity index (χ2v) is 9.62. The highest BCUT2D eigenvalue weighted by molar-refractivity contribution is 8.01. The molecule has 3 aromatic heterocycles. The van der Waals surface area contributed by atoms with Gasteiger partial charge in [-0.15, -0.1) is 15.3 Å². The van der Waals surface area contributed by atoms with Gasteiger partial charge in [0.2, 0.25) is 22.1 Å². The van der Waals surface area contributed by atoms with Gasteiger partial charge < -0.3 is 0 Å². The number of H-pyrrole nitrogens is 1. The first kappa shape index (κ1) is 22.2. The molecule has 0 spiro atoms. The van der Waals surface area contributed by atoms with Crippen molar-refractivity contribution in [2.45, 2.75) is 30.3 Å². The quantitative estimate of drug-likeness (QED) is 0.179. The van der Waals surface area contributed by atoms with Gasteiger partial charge in [-0.2, -0.15) is 10.1 Å². The Bertz CT molecular complexity index is 987. The summed E-state index contributed by atoms with van der Waals surface area (Å²) in [6.07, 6.45) is 3.43. The summed E-state index contributed by atoms with van der Waals surface area (Å²) in [5, 5.41) is 22.8. The van der Waals surface area contributed by atoms with Crippen molar-refractivity contribution < 1.29 is 4.79 Å². The van der Waals surface area contributed by atoms with Crippen LogP contribution in [0, 0.1) is 5.92 Å². The first-order valence-electron chi connectivity index (χ1n) is 9.01. The summed E-state index contributed by atoms with van der Waals surface area (Å²) >= 11 is 4.21. The normalized spacial score (nSPS) is 11.7. The first-order chi connectivity index (χ1) is 14.5. The van der Waals surface area contributed by atoms with Gasteiger partial charge in [-0.05, 0) is 18.9 Å². The van der Waals surface area contributed by atoms with E-state index in [0.717, 1.165) is 21.4 Å². The SMILES string of the molecule is C/C(=N/Nc1nc(SCC(=O)Nc2nnc(SCC(C)C)s2)n[nH]1)c1cccnc1. The van der Waals surface area contributed by atoms with Crippen LogP contribution in [0.3, 0.4) is 0 Å². The van der Waals surface area contributed by atoms with Crippen molar-refractivity contribution in [2.24, 2.45) is 11.0 Å². The zero-order valence-electron chi connectivity index (χ0n) is 16.6. The van der Waals surface area contributed by atoms with Crippen LogP contribution >= 0.6 is 34.9 Å². The molecule has 0 atom stereocenters. The molecule has 0 aromatic carbocycles. The molecule has 3 aromatic rings. The van der Waals surface area contributed by atoms with Gasteiger partial charge in [-0.1, -0.05) is 54.8 Å². The summed E-state index contributed by atoms with van der Waals surface area (Å²) in [7, 11) is 0. The average Bonchev–Trinajstić information content (AvgIpc) is 3.39. The van der Waals surface area contributed by atoms with Crippen LogP contribution < -0.4 is 10.7 Å². The van der Waals surface area contributed by atoms with Gasteiger partial charge in [0.25, 0.3) is 0 Å². The minimum atomic E-state index is -0.193. The smallest absolute Gasteiger partial charge is 0.240 e. The summed E-state index contributed by atoms with van der Waals surface area (Å²) in [5.41, 5.74) is 4.47. The monoisotopic (exact) mass is 463 g/mol. The number of hydrazone groups is 1. The highest BCUT2D eigenvalue weighted by Crippen LogP contribution is 2.27. The third kappa shape index (κ3) is 7.07. The predicted molar refractivity (Wildman–Crippen MR) is 121 cm³/mol. The number of aromatic amines is 1. The van der Waals surface area contributed by atoms with Gasteiger partial charge in [-0.3, -0.25) is 15.1 Å². The maximum Gasteiger partial charge on any atom is 0.240 e. The molecule has 158 valence electrons. The number of pyridine rings is 1. The van der Waals surface area contributed by atoms with E-state index in [1.54, 1.807) is 24.2 Å². The van der Waals surface area contributed by atoms with Crippen molar-refractivity contribution in [3.8, 4) is 0 Å². The van der Waals surface area contributed by atoms with Crippen LogP contribution in [0.5, 0.6) is 0 Å². The number of amides is 1. The van der Waals surface area contributed by atoms with Gasteiger partial charge in [0, 0.05) is 23.7 Å². The molecule has 13 heteroatoms. The van der Waals surface area contributed by atoms with E-state index in [4.69, 9.17) is 0 Å². The molecule has 30 heavy (non-hydrogen) atoms. The van der Waals surface area contributed by atoms with Gasteiger partial charge in [0.15, 0.2) is 4.34 Å². The molecule has 0 saturated heterocycles. The van der Waals surface area contributed by atoms with Crippen molar-refractivity contribution in [1.29, 1.82) is 0 Å². The molecule has 0 aliphatic heterocycles. The Labute approximate surface area is 186 Å². The van der Waals surface area contributed by atoms with Crippen LogP contribution in [-0.4, -0.2) is 53.5 Å². The molecule has 3 rings (SSSR count). The highest BCUT2D eigenvalue weighted by atomic mass is 32.2. The zero-order valence-corrected chi connectivity index (χ0v) is 19.1. The Kier molecular flexibility index (Phi) is 8.16. The molecule has 0 radical (unpaired) electrons. The topological polar surface area (TPSA) is 134 Å². The Morgan fingerprint density at radius 3 is 2.97 bits per heavy atom. The molecule has 0 saturated carbocycles. The van der Waals surface area contributed by atoms with Gasteiger partial charge in [-0.25, -0.2) is 10.5 Å². The van der Waals surface area contributed by atoms with Crippen LogP contribution in [0.15, 0.2) is 39.1 Å². The molecule has 3 heterocycles. The van der Waals surface area contributed by atoms with Gasteiger partial charge in [0.05, 0.1) is 11.5 Å². The van der Waals surface area contributed by atoms with Crippen LogP contribution in [-0.2, 0) is 4.79 Å². The third-order valence-electron chi connectivity index (χ3n) is 3.40. The van der Waals surface area contributed by atoms with Crippen molar-refractivity contribution in [1.82, 2.24) is 30.4 Å². The molecule has 3 N–H and O–H groups in total. The van der Waals surface area contributed by atoms with Crippen molar-refractivity contribution in [3.05, 3.63) is 30.1 Å². The van der Waals surface area contributed by atoms with Crippen LogP contribution in [0.2, 0.25) is 0 Å². The largest absolute Gasteiger partial charge is 0.300 e. The summed E-state index contributed by atoms with van der Waals surface area (Å²) < 4.78 is 0.846. The lowest BCUT2D eigenvalue weighted by molar-refractivity contribution is -0.113. The van der Waals surface area contributed by atoms with Gasteiger partial charge >= 0.3 is 0 Å². The van der Waals surface area contributed by atoms with Crippen LogP contribution in [0.1, 0.15) is 26.3 Å². The lowest BCUT2D eigenvalue weighted by atomic mass is 10.2. The van der Waals surface area contributed by atoms with E-state index in [2.05, 4.69) is 60.1 Å². The third-order valence-corrected chi connectivity index (χ3v) is 6.65. The van der Waals surface area contributed by atoms with E-state index in [-0.39, 0.29) is 11.7 Å². The number of nitrogens with zero attached hydrogens (tertiary/aromatic N) is 6. The molecule has 1 amide bonds. The van der Waals surface area contributed by atoms with E-state index in [1.165, 1.54) is 23.1 Å². The van der Waals surface area contributed by atoms with E-state index < -0.39 is 0 Å². The first-order valence-corrected chi connectivity index (χ1v) is 11.8. The highest BCUT2D eigenvalue weighted by Gasteiger charge is 2.11. The number of carbonyl (C=O) groups is 1. The number of anilines is 2. The minimum Gasteiger partial charge on any atom is -0.300 e. The molecule has 0 bridgehead atoms. The lowest BCUT2D eigenvalue weighted by Gasteiger charge is -2.00. The fraction of sp³-hybridized carbons (Fsp3) is 0.353. The van der Waals surface area contributed by atoms with Crippen molar-refractivity contribution >= 4 is 57.6 Å². The van der Waals surface area contributed by atoms with Gasteiger partial charge in [0.1, 0.15) is 0 Å². The minimum absolute atomic E-state index is 0.156. The Morgan fingerprint density at radius 2 is 2.20 bits per heavy atom. The number of hydrogen-bond donors (Lipinski definition) is 3. The van der Waals surface area contributed by atoms with E-state index in [0.29, 0.717) is 22.2 Å². The van der Waals surface area contributed by atoms with Crippen molar-refractivity contribution in [3.63, 3.8) is 0 Å². The second-order valence-electron chi connectivity index (χ2n) is 6.43. The molecule has 0 aliphatic rings. The second kappa shape index (κ2) is 11.0. The maximum absolute atomic E-state index is 12.1. The summed E-state index contributed by atoms with van der Waals surface area (Å²) in [5.74, 6) is 1.88. The van der Waals surface area contributed by atoms with E-state index >= 15 is 0 Å². The molecular formula is C17H21N9OS3. The predicted octanol–water partition coefficient (Wildman–Crippen LogP) is 3.37. The standard InChI is InChI=1S/C17H21N9OS3/c1-10(2)8-29-17-26-25-16(30-17)19-13(27)9-28-15-20-14(23-24-15)22-21-11(3)12-5-4-6-18-7-12/h4-7,10H,8-9H2,1-3H3,(H,19,25,27)(H2,20,22,23,24)/b21-11-. The summed E-state index contributed by atoms with van der Waals surface area (Å²) in [4.78, 5) is 20.4. The Morgan fingerprint density at radius 1 is 1.33 bits per heavy atom. The van der Waals surface area contributed by atoms with Crippen molar-refractivity contribution in [2.75, 3.05) is 22.2 Å². The zero-order chi connectivity index (χ0) is 21.3. The molecule has 0 aliphatic carbocycles. The number of hydrogen-bond acceptors (Lipinski definition) is 11. The number of carbonyl (C=O) groups excluding carboxylic acids is 1. The lowest BCUT2D eigenvalue weighted by Crippen LogP contribution is -2.13. The van der Waals surface area contributed by atoms with E-state index in [1.807, 2.05) is 19.1 Å². The number of nitrogens with one attached hydrogen (secondary N) is 3. The fourth-order valence-corrected chi connectivity index (χ4v) is 4.32. The van der Waals surface area contributed by atoms with Crippen LogP contribution in [0.4, 0.5) is 11.1 Å². The molecule has 0 fully saturated rings. The summed E-state index contributed by atoms with van der Waals surface area (Å²) in [6, 6.07) is 3.76. The van der Waals surface area contributed by atoms with Crippen LogP contribution in [0.25, 0.3) is 0 Å². The Hall–Kier alpha value is -2.51. The number of aromatic nitrogens is 6. The molecule has 10 nitrogen and oxygen atoms in total. The number of rotatable bonds is 10.